The second-order valence-corrected chi connectivity index (χ2v) is 4.78. The molecule has 3 heteroatoms. The number of rotatable bonds is 1. The van der Waals surface area contributed by atoms with Crippen LogP contribution in [0.25, 0.3) is 10.8 Å². The van der Waals surface area contributed by atoms with E-state index in [0.717, 1.165) is 36.0 Å². The molecule has 3 rings (SSSR count). The van der Waals surface area contributed by atoms with E-state index in [2.05, 4.69) is 29.4 Å². The van der Waals surface area contributed by atoms with Gasteiger partial charge in [-0.25, -0.2) is 0 Å². The summed E-state index contributed by atoms with van der Waals surface area (Å²) in [7, 11) is 0. The largest absolute Gasteiger partial charge is 0.325 e. The number of nitrogens with one attached hydrogen (secondary N) is 2. The molecule has 17 heavy (non-hydrogen) atoms. The van der Waals surface area contributed by atoms with Crippen LogP contribution in [0.1, 0.15) is 23.6 Å². The summed E-state index contributed by atoms with van der Waals surface area (Å²) >= 11 is 0. The molecule has 1 saturated heterocycles. The summed E-state index contributed by atoms with van der Waals surface area (Å²) in [6.07, 6.45) is 1.10. The van der Waals surface area contributed by atoms with Gasteiger partial charge in [-0.3, -0.25) is 4.79 Å². The lowest BCUT2D eigenvalue weighted by Crippen LogP contribution is -2.14. The average molecular weight is 228 g/mol. The van der Waals surface area contributed by atoms with Gasteiger partial charge in [0.05, 0.1) is 0 Å². The fraction of sp³-hybridized carbons (Fsp3) is 0.357. The number of hydrogen-bond donors (Lipinski definition) is 2. The monoisotopic (exact) mass is 228 g/mol. The van der Waals surface area contributed by atoms with Crippen molar-refractivity contribution in [2.75, 3.05) is 13.1 Å². The third-order valence-electron chi connectivity index (χ3n) is 3.63. The minimum atomic E-state index is 0.0353. The molecule has 2 heterocycles. The highest BCUT2D eigenvalue weighted by Gasteiger charge is 2.18. The van der Waals surface area contributed by atoms with E-state index in [1.54, 1.807) is 0 Å². The van der Waals surface area contributed by atoms with Crippen LogP contribution in [0.4, 0.5) is 0 Å². The molecule has 88 valence electrons. The van der Waals surface area contributed by atoms with Crippen LogP contribution in [0, 0.1) is 6.92 Å². The molecule has 2 N–H and O–H groups in total. The smallest absolute Gasteiger partial charge is 0.256 e. The quantitative estimate of drug-likeness (QED) is 0.783. The molecule has 0 radical (unpaired) electrons. The standard InChI is InChI=1S/C14H16N2O/c1-9-3-2-4-11-12(9)7-13(16-14(11)17)10-5-6-15-8-10/h2-4,7,10,15H,5-6,8H2,1H3,(H,16,17). The Morgan fingerprint density at radius 2 is 2.18 bits per heavy atom. The van der Waals surface area contributed by atoms with E-state index in [4.69, 9.17) is 0 Å². The Balaban J connectivity index is 2.22. The molecule has 0 aliphatic carbocycles. The third-order valence-corrected chi connectivity index (χ3v) is 3.63. The molecule has 3 nitrogen and oxygen atoms in total. The number of fused-ring (bicyclic) bond motifs is 1. The molecule has 1 unspecified atom stereocenters. The predicted molar refractivity (Wildman–Crippen MR) is 69.5 cm³/mol. The lowest BCUT2D eigenvalue weighted by Gasteiger charge is -2.10. The maximum atomic E-state index is 12.0. The molecule has 1 fully saturated rings. The van der Waals surface area contributed by atoms with E-state index < -0.39 is 0 Å². The molecule has 0 saturated carbocycles. The Bertz CT molecular complexity index is 609. The molecule has 2 aromatic rings. The lowest BCUT2D eigenvalue weighted by molar-refractivity contribution is 0.733. The zero-order chi connectivity index (χ0) is 11.8. The van der Waals surface area contributed by atoms with E-state index in [0.29, 0.717) is 5.92 Å². The number of benzene rings is 1. The van der Waals surface area contributed by atoms with E-state index >= 15 is 0 Å². The number of aromatic amines is 1. The first-order valence-electron chi connectivity index (χ1n) is 6.09. The average Bonchev–Trinajstić information content (AvgIpc) is 2.84. The summed E-state index contributed by atoms with van der Waals surface area (Å²) in [6, 6.07) is 8.02. The Kier molecular flexibility index (Phi) is 2.48. The van der Waals surface area contributed by atoms with Crippen molar-refractivity contribution in [3.63, 3.8) is 0 Å². The van der Waals surface area contributed by atoms with Crippen molar-refractivity contribution < 1.29 is 0 Å². The van der Waals surface area contributed by atoms with Gasteiger partial charge in [0.2, 0.25) is 0 Å². The van der Waals surface area contributed by atoms with Gasteiger partial charge in [0.15, 0.2) is 0 Å². The van der Waals surface area contributed by atoms with Crippen molar-refractivity contribution in [1.29, 1.82) is 0 Å². The lowest BCUT2D eigenvalue weighted by atomic mass is 10.00. The van der Waals surface area contributed by atoms with Crippen LogP contribution < -0.4 is 10.9 Å². The topological polar surface area (TPSA) is 44.9 Å². The van der Waals surface area contributed by atoms with Crippen LogP contribution >= 0.6 is 0 Å². The highest BCUT2D eigenvalue weighted by Crippen LogP contribution is 2.23. The zero-order valence-corrected chi connectivity index (χ0v) is 9.92. The second kappa shape index (κ2) is 4.00. The van der Waals surface area contributed by atoms with Crippen LogP contribution in [0.3, 0.4) is 0 Å². The molecular formula is C14H16N2O. The van der Waals surface area contributed by atoms with E-state index in [1.807, 2.05) is 12.1 Å². The molecule has 1 aromatic heterocycles. The van der Waals surface area contributed by atoms with Gasteiger partial charge in [-0.1, -0.05) is 12.1 Å². The second-order valence-electron chi connectivity index (χ2n) is 4.78. The third kappa shape index (κ3) is 1.76. The number of aryl methyl sites for hydroxylation is 1. The Hall–Kier alpha value is -1.61. The fourth-order valence-electron chi connectivity index (χ4n) is 2.60. The Morgan fingerprint density at radius 3 is 2.94 bits per heavy atom. The number of pyridine rings is 1. The summed E-state index contributed by atoms with van der Waals surface area (Å²) in [6.45, 7) is 4.06. The maximum Gasteiger partial charge on any atom is 0.256 e. The van der Waals surface area contributed by atoms with E-state index in [-0.39, 0.29) is 5.56 Å². The van der Waals surface area contributed by atoms with Crippen molar-refractivity contribution >= 4 is 10.8 Å². The van der Waals surface area contributed by atoms with E-state index in [1.165, 1.54) is 5.56 Å². The van der Waals surface area contributed by atoms with Crippen LogP contribution in [-0.4, -0.2) is 18.1 Å². The van der Waals surface area contributed by atoms with Crippen molar-refractivity contribution in [3.05, 3.63) is 45.9 Å². The minimum Gasteiger partial charge on any atom is -0.325 e. The van der Waals surface area contributed by atoms with E-state index in [9.17, 15) is 4.79 Å². The molecule has 0 amide bonds. The SMILES string of the molecule is Cc1cccc2c(=O)[nH]c(C3CCNC3)cc12. The molecule has 1 aromatic carbocycles. The van der Waals surface area contributed by atoms with Crippen LogP contribution in [0.15, 0.2) is 29.1 Å². The summed E-state index contributed by atoms with van der Waals surface area (Å²) in [5.74, 6) is 0.451. The first-order valence-corrected chi connectivity index (χ1v) is 6.09. The minimum absolute atomic E-state index is 0.0353. The number of aromatic nitrogens is 1. The first-order chi connectivity index (χ1) is 8.25. The van der Waals surface area contributed by atoms with Gasteiger partial charge >= 0.3 is 0 Å². The predicted octanol–water partition coefficient (Wildman–Crippen LogP) is 1.91. The van der Waals surface area contributed by atoms with Crippen molar-refractivity contribution in [1.82, 2.24) is 10.3 Å². The van der Waals surface area contributed by atoms with Gasteiger partial charge in [0, 0.05) is 23.5 Å². The Labute approximate surface area is 99.9 Å². The summed E-state index contributed by atoms with van der Waals surface area (Å²) in [5.41, 5.74) is 2.27. The highest BCUT2D eigenvalue weighted by molar-refractivity contribution is 5.85. The Morgan fingerprint density at radius 1 is 1.29 bits per heavy atom. The van der Waals surface area contributed by atoms with Gasteiger partial charge in [-0.2, -0.15) is 0 Å². The van der Waals surface area contributed by atoms with Crippen molar-refractivity contribution in [3.8, 4) is 0 Å². The van der Waals surface area contributed by atoms with Crippen LogP contribution in [-0.2, 0) is 0 Å². The molecule has 0 bridgehead atoms. The number of H-pyrrole nitrogens is 1. The van der Waals surface area contributed by atoms with Gasteiger partial charge in [-0.05, 0) is 43.0 Å². The van der Waals surface area contributed by atoms with Gasteiger partial charge in [0.25, 0.3) is 5.56 Å². The highest BCUT2D eigenvalue weighted by atomic mass is 16.1. The van der Waals surface area contributed by atoms with Gasteiger partial charge in [-0.15, -0.1) is 0 Å². The van der Waals surface area contributed by atoms with Crippen molar-refractivity contribution in [2.24, 2.45) is 0 Å². The summed E-state index contributed by atoms with van der Waals surface area (Å²) in [5, 5.41) is 5.20. The zero-order valence-electron chi connectivity index (χ0n) is 9.92. The summed E-state index contributed by atoms with van der Waals surface area (Å²) in [4.78, 5) is 15.1. The molecule has 1 aliphatic rings. The molecule has 0 spiro atoms. The first kappa shape index (κ1) is 10.5. The van der Waals surface area contributed by atoms with Gasteiger partial charge < -0.3 is 10.3 Å². The molecule has 1 aliphatic heterocycles. The molecular weight excluding hydrogens is 212 g/mol. The normalized spacial score (nSPS) is 19.9. The van der Waals surface area contributed by atoms with Crippen LogP contribution in [0.2, 0.25) is 0 Å². The summed E-state index contributed by atoms with van der Waals surface area (Å²) < 4.78 is 0. The number of hydrogen-bond acceptors (Lipinski definition) is 2. The maximum absolute atomic E-state index is 12.0. The van der Waals surface area contributed by atoms with Crippen molar-refractivity contribution in [2.45, 2.75) is 19.3 Å². The molecule has 1 atom stereocenters. The van der Waals surface area contributed by atoms with Crippen LogP contribution in [0.5, 0.6) is 0 Å². The van der Waals surface area contributed by atoms with Gasteiger partial charge in [0.1, 0.15) is 0 Å². The fourth-order valence-corrected chi connectivity index (χ4v) is 2.60.